The number of likely N-dealkylation sites (tertiary alicyclic amines) is 1. The van der Waals surface area contributed by atoms with E-state index in [9.17, 15) is 19.5 Å². The van der Waals surface area contributed by atoms with Gasteiger partial charge in [0.25, 0.3) is 0 Å². The third kappa shape index (κ3) is 5.49. The number of fused-ring (bicyclic) bond motifs is 1. The zero-order valence-electron chi connectivity index (χ0n) is 24.0. The van der Waals surface area contributed by atoms with E-state index < -0.39 is 22.6 Å². The minimum atomic E-state index is -0.642. The molecule has 2 bridgehead atoms. The van der Waals surface area contributed by atoms with Gasteiger partial charge in [-0.3, -0.25) is 14.4 Å². The molecule has 3 aliphatic heterocycles. The molecule has 0 aromatic heterocycles. The van der Waals surface area contributed by atoms with Crippen molar-refractivity contribution < 1.29 is 19.5 Å². The first kappa shape index (κ1) is 30.4. The van der Waals surface area contributed by atoms with Crippen LogP contribution in [0.2, 0.25) is 0 Å². The predicted octanol–water partition coefficient (Wildman–Crippen LogP) is 4.13. The topological polar surface area (TPSA) is 81.2 Å². The van der Waals surface area contributed by atoms with Crippen LogP contribution in [-0.4, -0.2) is 86.4 Å². The van der Waals surface area contributed by atoms with Crippen molar-refractivity contribution in [1.29, 1.82) is 0 Å². The molecule has 3 amide bonds. The lowest BCUT2D eigenvalue weighted by molar-refractivity contribution is -0.145. The van der Waals surface area contributed by atoms with E-state index in [0.29, 0.717) is 45.6 Å². The third-order valence-electron chi connectivity index (χ3n) is 8.89. The third-order valence-corrected chi connectivity index (χ3v) is 11.0. The molecule has 6 atom stereocenters. The quantitative estimate of drug-likeness (QED) is 0.255. The second-order valence-corrected chi connectivity index (χ2v) is 13.0. The standard InChI is InChI=1S/C32H45N3O4S/c1-5-8-18-33(16-6-2)31(39)28-32-23(4)21-25(40-32)26(27(32)30(38)35(28)19-12-13-20-36)29(37)34(17-7-3)22-24-14-10-9-11-15-24/h6-7,9-11,14-15,23,25-28,36H,2-3,5,8,12-13,16-22H2,1,4H3/t23?,25-,26+,27+,28?,32?/m1/s1. The molecule has 1 N–H and O–H groups in total. The Labute approximate surface area is 243 Å². The van der Waals surface area contributed by atoms with Crippen LogP contribution < -0.4 is 0 Å². The van der Waals surface area contributed by atoms with Crippen LogP contribution in [0.1, 0.15) is 51.5 Å². The van der Waals surface area contributed by atoms with Crippen LogP contribution in [0.25, 0.3) is 0 Å². The van der Waals surface area contributed by atoms with Crippen LogP contribution in [0.5, 0.6) is 0 Å². The summed E-state index contributed by atoms with van der Waals surface area (Å²) >= 11 is 1.72. The highest BCUT2D eigenvalue weighted by atomic mass is 32.2. The molecule has 1 aromatic carbocycles. The SMILES string of the molecule is C=CCN(CCCC)C(=O)C1N(CCCCO)C(=O)[C@@H]2[C@@H](C(=O)N(CC=C)Cc3ccccc3)[C@H]3CC(C)C12S3. The highest BCUT2D eigenvalue weighted by Crippen LogP contribution is 2.69. The molecule has 8 heteroatoms. The summed E-state index contributed by atoms with van der Waals surface area (Å²) in [6.45, 7) is 14.4. The number of rotatable bonds is 15. The van der Waals surface area contributed by atoms with Gasteiger partial charge in [0.2, 0.25) is 17.7 Å². The maximum absolute atomic E-state index is 14.4. The number of nitrogens with zero attached hydrogens (tertiary/aromatic N) is 3. The molecule has 1 aromatic rings. The molecular formula is C32H45N3O4S. The Hall–Kier alpha value is -2.58. The van der Waals surface area contributed by atoms with Gasteiger partial charge in [0.1, 0.15) is 6.04 Å². The molecule has 4 rings (SSSR count). The average molecular weight is 568 g/mol. The first-order valence-electron chi connectivity index (χ1n) is 14.8. The first-order valence-corrected chi connectivity index (χ1v) is 15.7. The summed E-state index contributed by atoms with van der Waals surface area (Å²) in [6.07, 6.45) is 7.32. The van der Waals surface area contributed by atoms with Gasteiger partial charge < -0.3 is 19.8 Å². The Morgan fingerprint density at radius 2 is 1.80 bits per heavy atom. The number of hydrogen-bond donors (Lipinski definition) is 1. The fraction of sp³-hybridized carbons (Fsp3) is 0.594. The molecule has 3 unspecified atom stereocenters. The molecule has 0 saturated carbocycles. The van der Waals surface area contributed by atoms with Crippen molar-refractivity contribution in [3.8, 4) is 0 Å². The van der Waals surface area contributed by atoms with Gasteiger partial charge in [0.05, 0.1) is 16.6 Å². The minimum absolute atomic E-state index is 0.00192. The van der Waals surface area contributed by atoms with Crippen molar-refractivity contribution in [2.75, 3.05) is 32.8 Å². The van der Waals surface area contributed by atoms with Gasteiger partial charge in [0, 0.05) is 44.6 Å². The zero-order chi connectivity index (χ0) is 28.9. The monoisotopic (exact) mass is 567 g/mol. The molecule has 3 saturated heterocycles. The van der Waals surface area contributed by atoms with Crippen molar-refractivity contribution in [2.45, 2.75) is 68.5 Å². The van der Waals surface area contributed by atoms with E-state index in [1.807, 2.05) is 40.1 Å². The van der Waals surface area contributed by atoms with Crippen molar-refractivity contribution in [3.63, 3.8) is 0 Å². The maximum atomic E-state index is 14.4. The summed E-state index contributed by atoms with van der Waals surface area (Å²) in [5.74, 6) is -1.03. The number of carbonyl (C=O) groups excluding carboxylic acids is 3. The van der Waals surface area contributed by atoms with Gasteiger partial charge in [0.15, 0.2) is 0 Å². The number of hydrogen-bond acceptors (Lipinski definition) is 5. The fourth-order valence-electron chi connectivity index (χ4n) is 7.09. The summed E-state index contributed by atoms with van der Waals surface area (Å²) in [5.41, 5.74) is 1.03. The van der Waals surface area contributed by atoms with Crippen molar-refractivity contribution >= 4 is 29.5 Å². The molecule has 3 fully saturated rings. The van der Waals surface area contributed by atoms with Gasteiger partial charge in [-0.2, -0.15) is 0 Å². The van der Waals surface area contributed by atoms with Gasteiger partial charge in [-0.15, -0.1) is 24.9 Å². The molecule has 3 heterocycles. The van der Waals surface area contributed by atoms with E-state index in [1.165, 1.54) is 0 Å². The second-order valence-electron chi connectivity index (χ2n) is 11.4. The highest BCUT2D eigenvalue weighted by Gasteiger charge is 2.76. The van der Waals surface area contributed by atoms with E-state index in [0.717, 1.165) is 24.8 Å². The number of benzene rings is 1. The van der Waals surface area contributed by atoms with Gasteiger partial charge in [-0.1, -0.05) is 62.8 Å². The van der Waals surface area contributed by atoms with Crippen molar-refractivity contribution in [2.24, 2.45) is 17.8 Å². The van der Waals surface area contributed by atoms with Gasteiger partial charge in [-0.25, -0.2) is 0 Å². The van der Waals surface area contributed by atoms with Gasteiger partial charge in [-0.05, 0) is 37.2 Å². The Bertz CT molecular complexity index is 1080. The number of carbonyl (C=O) groups is 3. The van der Waals surface area contributed by atoms with Gasteiger partial charge >= 0.3 is 0 Å². The number of aliphatic hydroxyl groups is 1. The fourth-order valence-corrected chi connectivity index (χ4v) is 9.50. The lowest BCUT2D eigenvalue weighted by Gasteiger charge is -2.41. The Morgan fingerprint density at radius 1 is 1.10 bits per heavy atom. The number of thioether (sulfide) groups is 1. The Balaban J connectivity index is 1.71. The van der Waals surface area contributed by atoms with E-state index in [4.69, 9.17) is 0 Å². The highest BCUT2D eigenvalue weighted by molar-refractivity contribution is 8.02. The molecule has 218 valence electrons. The lowest BCUT2D eigenvalue weighted by Crippen LogP contribution is -2.57. The molecule has 7 nitrogen and oxygen atoms in total. The lowest BCUT2D eigenvalue weighted by atomic mass is 9.65. The molecular weight excluding hydrogens is 522 g/mol. The molecule has 1 spiro atoms. The Morgan fingerprint density at radius 3 is 2.45 bits per heavy atom. The van der Waals surface area contributed by atoms with Crippen LogP contribution >= 0.6 is 11.8 Å². The summed E-state index contributed by atoms with van der Waals surface area (Å²) in [4.78, 5) is 48.4. The molecule has 3 aliphatic rings. The number of amides is 3. The van der Waals surface area contributed by atoms with E-state index >= 15 is 0 Å². The Kier molecular flexibility index (Phi) is 10.2. The second kappa shape index (κ2) is 13.4. The maximum Gasteiger partial charge on any atom is 0.247 e. The first-order chi connectivity index (χ1) is 19.3. The van der Waals surface area contributed by atoms with E-state index in [-0.39, 0.29) is 35.5 Å². The molecule has 0 radical (unpaired) electrons. The normalized spacial score (nSPS) is 28.4. The van der Waals surface area contributed by atoms with Crippen LogP contribution in [0, 0.1) is 17.8 Å². The number of unbranched alkanes of at least 4 members (excludes halogenated alkanes) is 2. The largest absolute Gasteiger partial charge is 0.396 e. The summed E-state index contributed by atoms with van der Waals surface area (Å²) in [6, 6.07) is 9.27. The minimum Gasteiger partial charge on any atom is -0.396 e. The molecule has 0 aliphatic carbocycles. The van der Waals surface area contributed by atoms with E-state index in [2.05, 4.69) is 27.0 Å². The van der Waals surface area contributed by atoms with E-state index in [1.54, 1.807) is 28.8 Å². The van der Waals surface area contributed by atoms with Crippen LogP contribution in [0.15, 0.2) is 55.6 Å². The van der Waals surface area contributed by atoms with Crippen molar-refractivity contribution in [1.82, 2.24) is 14.7 Å². The summed E-state index contributed by atoms with van der Waals surface area (Å²) in [7, 11) is 0. The zero-order valence-corrected chi connectivity index (χ0v) is 24.9. The summed E-state index contributed by atoms with van der Waals surface area (Å²) in [5, 5.41) is 9.44. The van der Waals surface area contributed by atoms with Crippen LogP contribution in [-0.2, 0) is 20.9 Å². The van der Waals surface area contributed by atoms with Crippen molar-refractivity contribution in [3.05, 3.63) is 61.2 Å². The summed E-state index contributed by atoms with van der Waals surface area (Å²) < 4.78 is -0.642. The van der Waals surface area contributed by atoms with Crippen LogP contribution in [0.3, 0.4) is 0 Å². The predicted molar refractivity (Wildman–Crippen MR) is 160 cm³/mol. The smallest absolute Gasteiger partial charge is 0.247 e. The average Bonchev–Trinajstić information content (AvgIpc) is 3.54. The van der Waals surface area contributed by atoms with Crippen LogP contribution in [0.4, 0.5) is 0 Å². The molecule has 40 heavy (non-hydrogen) atoms. The number of aliphatic hydroxyl groups excluding tert-OH is 1.